The van der Waals surface area contributed by atoms with Crippen molar-refractivity contribution in [3.05, 3.63) is 71.4 Å². The van der Waals surface area contributed by atoms with E-state index in [2.05, 4.69) is 10.0 Å². The van der Waals surface area contributed by atoms with Gasteiger partial charge in [0.05, 0.1) is 16.8 Å². The lowest BCUT2D eigenvalue weighted by Crippen LogP contribution is -2.18. The molecule has 0 saturated heterocycles. The average Bonchev–Trinajstić information content (AvgIpc) is 3.25. The van der Waals surface area contributed by atoms with Gasteiger partial charge in [0.25, 0.3) is 10.0 Å². The largest absolute Gasteiger partial charge is 0.484 e. The van der Waals surface area contributed by atoms with Crippen molar-refractivity contribution in [2.45, 2.75) is 18.4 Å². The van der Waals surface area contributed by atoms with Gasteiger partial charge in [0.1, 0.15) is 29.5 Å². The first-order valence-electron chi connectivity index (χ1n) is 10.1. The van der Waals surface area contributed by atoms with Crippen LogP contribution in [0, 0.1) is 5.82 Å². The molecule has 0 fully saturated rings. The van der Waals surface area contributed by atoms with Crippen LogP contribution in [-0.2, 0) is 16.6 Å². The van der Waals surface area contributed by atoms with Gasteiger partial charge in [-0.3, -0.25) is 4.72 Å². The van der Waals surface area contributed by atoms with E-state index in [1.807, 2.05) is 6.92 Å². The van der Waals surface area contributed by atoms with Crippen molar-refractivity contribution < 1.29 is 31.9 Å². The standard InChI is InChI=1S/C23H21FN2O6S/c1-2-25-10-3-4-14-12-15(24)5-8-20(14)33(29,30)26-18-7-6-17-16-9-11-31-19(16)13-32-22(17)21(18)23(27)28/h3-9,11-12,25-26H,2,10,13H2,1H3,(H,27,28). The molecule has 0 radical (unpaired) electrons. The van der Waals surface area contributed by atoms with Crippen LogP contribution < -0.4 is 14.8 Å². The first-order valence-corrected chi connectivity index (χ1v) is 11.6. The minimum absolute atomic E-state index is 0.0184. The number of carboxylic acid groups (broad SMARTS) is 1. The van der Waals surface area contributed by atoms with E-state index >= 15 is 0 Å². The fourth-order valence-corrected chi connectivity index (χ4v) is 4.83. The smallest absolute Gasteiger partial charge is 0.341 e. The molecule has 1 aromatic heterocycles. The number of hydrogen-bond acceptors (Lipinski definition) is 6. The van der Waals surface area contributed by atoms with E-state index in [0.717, 1.165) is 24.7 Å². The molecule has 0 atom stereocenters. The average molecular weight is 472 g/mol. The molecule has 1 aliphatic rings. The van der Waals surface area contributed by atoms with E-state index in [-0.39, 0.29) is 34.1 Å². The number of hydrogen-bond donors (Lipinski definition) is 3. The number of likely N-dealkylation sites (N-methyl/N-ethyl adjacent to an activating group) is 1. The summed E-state index contributed by atoms with van der Waals surface area (Å²) >= 11 is 0. The predicted molar refractivity (Wildman–Crippen MR) is 120 cm³/mol. The number of sulfonamides is 1. The molecular formula is C23H21FN2O6S. The van der Waals surface area contributed by atoms with E-state index < -0.39 is 21.8 Å². The second-order valence-electron chi connectivity index (χ2n) is 7.21. The van der Waals surface area contributed by atoms with Gasteiger partial charge in [-0.05, 0) is 48.5 Å². The summed E-state index contributed by atoms with van der Waals surface area (Å²) in [6.45, 7) is 3.14. The van der Waals surface area contributed by atoms with E-state index in [1.165, 1.54) is 18.4 Å². The maximum atomic E-state index is 13.8. The highest BCUT2D eigenvalue weighted by molar-refractivity contribution is 7.92. The van der Waals surface area contributed by atoms with Gasteiger partial charge in [0.15, 0.2) is 0 Å². The summed E-state index contributed by atoms with van der Waals surface area (Å²) in [5.74, 6) is -1.36. The number of carbonyl (C=O) groups is 1. The Morgan fingerprint density at radius 2 is 2.03 bits per heavy atom. The van der Waals surface area contributed by atoms with Crippen molar-refractivity contribution in [3.63, 3.8) is 0 Å². The van der Waals surface area contributed by atoms with Crippen LogP contribution in [0.2, 0.25) is 0 Å². The summed E-state index contributed by atoms with van der Waals surface area (Å²) in [6.07, 6.45) is 4.64. The van der Waals surface area contributed by atoms with Crippen LogP contribution in [-0.4, -0.2) is 32.6 Å². The first kappa shape index (κ1) is 22.6. The molecule has 2 heterocycles. The van der Waals surface area contributed by atoms with Crippen LogP contribution in [0.15, 0.2) is 58.1 Å². The molecule has 0 saturated carbocycles. The second kappa shape index (κ2) is 9.08. The molecule has 0 unspecified atom stereocenters. The lowest BCUT2D eigenvalue weighted by molar-refractivity contribution is 0.0692. The van der Waals surface area contributed by atoms with E-state index in [4.69, 9.17) is 9.15 Å². The number of furan rings is 1. The molecule has 0 spiro atoms. The molecule has 0 bridgehead atoms. The van der Waals surface area contributed by atoms with Crippen LogP contribution in [0.5, 0.6) is 5.75 Å². The highest BCUT2D eigenvalue weighted by atomic mass is 32.2. The van der Waals surface area contributed by atoms with E-state index in [1.54, 1.807) is 18.2 Å². The lowest BCUT2D eigenvalue weighted by atomic mass is 9.98. The Hall–Kier alpha value is -3.63. The Balaban J connectivity index is 1.74. The summed E-state index contributed by atoms with van der Waals surface area (Å²) in [6, 6.07) is 7.88. The van der Waals surface area contributed by atoms with Gasteiger partial charge in [0.2, 0.25) is 0 Å². The molecule has 1 aliphatic heterocycles. The molecule has 0 amide bonds. The SMILES string of the molecule is CCNCC=Cc1cc(F)ccc1S(=O)(=O)Nc1ccc2c(c1C(=O)O)OCc1occc1-2. The summed E-state index contributed by atoms with van der Waals surface area (Å²) < 4.78 is 53.5. The highest BCUT2D eigenvalue weighted by Crippen LogP contribution is 2.43. The molecule has 33 heavy (non-hydrogen) atoms. The zero-order valence-electron chi connectivity index (χ0n) is 17.6. The number of rotatable bonds is 8. The van der Waals surface area contributed by atoms with Crippen LogP contribution >= 0.6 is 0 Å². The van der Waals surface area contributed by atoms with Crippen molar-refractivity contribution in [1.82, 2.24) is 5.32 Å². The molecule has 0 aliphatic carbocycles. The van der Waals surface area contributed by atoms with Gasteiger partial charge in [-0.1, -0.05) is 19.1 Å². The summed E-state index contributed by atoms with van der Waals surface area (Å²) in [4.78, 5) is 11.9. The summed E-state index contributed by atoms with van der Waals surface area (Å²) in [5.41, 5.74) is 0.808. The number of carboxylic acids is 1. The number of halogens is 1. The van der Waals surface area contributed by atoms with Gasteiger partial charge in [-0.2, -0.15) is 0 Å². The number of anilines is 1. The fourth-order valence-electron chi connectivity index (χ4n) is 3.58. The predicted octanol–water partition coefficient (Wildman–Crippen LogP) is 4.10. The highest BCUT2D eigenvalue weighted by Gasteiger charge is 2.29. The van der Waals surface area contributed by atoms with Gasteiger partial charge in [-0.25, -0.2) is 17.6 Å². The van der Waals surface area contributed by atoms with Crippen molar-refractivity contribution in [2.75, 3.05) is 17.8 Å². The lowest BCUT2D eigenvalue weighted by Gasteiger charge is -2.21. The normalized spacial score (nSPS) is 12.8. The molecule has 3 aromatic rings. The fraction of sp³-hybridized carbons (Fsp3) is 0.174. The number of ether oxygens (including phenoxy) is 1. The molecule has 4 rings (SSSR count). The van der Waals surface area contributed by atoms with Crippen LogP contribution in [0.4, 0.5) is 10.1 Å². The molecule has 172 valence electrons. The van der Waals surface area contributed by atoms with Crippen LogP contribution in [0.25, 0.3) is 17.2 Å². The third-order valence-corrected chi connectivity index (χ3v) is 6.51. The molecular weight excluding hydrogens is 451 g/mol. The number of aromatic carboxylic acids is 1. The third-order valence-electron chi connectivity index (χ3n) is 5.07. The quantitative estimate of drug-likeness (QED) is 0.423. The van der Waals surface area contributed by atoms with Gasteiger partial charge in [0, 0.05) is 17.7 Å². The van der Waals surface area contributed by atoms with Crippen molar-refractivity contribution in [3.8, 4) is 16.9 Å². The van der Waals surface area contributed by atoms with Gasteiger partial charge >= 0.3 is 5.97 Å². The zero-order chi connectivity index (χ0) is 23.6. The Labute approximate surface area is 189 Å². The van der Waals surface area contributed by atoms with Crippen molar-refractivity contribution in [2.24, 2.45) is 0 Å². The number of benzene rings is 2. The molecule has 3 N–H and O–H groups in total. The first-order chi connectivity index (χ1) is 15.8. The Morgan fingerprint density at radius 3 is 2.79 bits per heavy atom. The van der Waals surface area contributed by atoms with E-state index in [9.17, 15) is 22.7 Å². The second-order valence-corrected chi connectivity index (χ2v) is 8.86. The van der Waals surface area contributed by atoms with Crippen molar-refractivity contribution in [1.29, 1.82) is 0 Å². The van der Waals surface area contributed by atoms with E-state index in [0.29, 0.717) is 23.4 Å². The zero-order valence-corrected chi connectivity index (χ0v) is 18.4. The molecule has 8 nitrogen and oxygen atoms in total. The van der Waals surface area contributed by atoms with Gasteiger partial charge < -0.3 is 19.6 Å². The maximum absolute atomic E-state index is 13.8. The molecule has 2 aromatic carbocycles. The topological polar surface area (TPSA) is 118 Å². The van der Waals surface area contributed by atoms with Crippen LogP contribution in [0.1, 0.15) is 28.6 Å². The molecule has 10 heteroatoms. The summed E-state index contributed by atoms with van der Waals surface area (Å²) in [5, 5.41) is 12.9. The minimum atomic E-state index is -4.26. The van der Waals surface area contributed by atoms with Crippen molar-refractivity contribution >= 4 is 27.8 Å². The third kappa shape index (κ3) is 4.48. The van der Waals surface area contributed by atoms with Gasteiger partial charge in [-0.15, -0.1) is 0 Å². The number of nitrogens with one attached hydrogen (secondary N) is 2. The Kier molecular flexibility index (Phi) is 6.21. The Bertz CT molecular complexity index is 1350. The van der Waals surface area contributed by atoms with Crippen LogP contribution in [0.3, 0.4) is 0 Å². The number of fused-ring (bicyclic) bond motifs is 3. The Morgan fingerprint density at radius 1 is 1.21 bits per heavy atom. The monoisotopic (exact) mass is 472 g/mol. The summed E-state index contributed by atoms with van der Waals surface area (Å²) in [7, 11) is -4.26. The maximum Gasteiger partial charge on any atom is 0.341 e. The minimum Gasteiger partial charge on any atom is -0.484 e.